The first-order valence-corrected chi connectivity index (χ1v) is 17.3. The number of ether oxygens (including phenoxy) is 1. The topological polar surface area (TPSA) is 44.9 Å². The van der Waals surface area contributed by atoms with Gasteiger partial charge in [0, 0.05) is 35.0 Å². The Labute approximate surface area is 310 Å². The molecule has 256 valence electrons. The van der Waals surface area contributed by atoms with E-state index in [1.54, 1.807) is 0 Å². The van der Waals surface area contributed by atoms with Crippen molar-refractivity contribution in [3.05, 3.63) is 131 Å². The molecular weight excluding hydrogens is 796 g/mol. The Morgan fingerprint density at radius 2 is 1.46 bits per heavy atom. The number of pyridine rings is 1. The van der Waals surface area contributed by atoms with Crippen LogP contribution in [0.25, 0.3) is 44.4 Å². The van der Waals surface area contributed by atoms with Gasteiger partial charge in [0.1, 0.15) is 5.82 Å². The Morgan fingerprint density at radius 3 is 2.16 bits per heavy atom. The quantitative estimate of drug-likeness (QED) is 0.136. The summed E-state index contributed by atoms with van der Waals surface area (Å²) in [6.45, 7) is 17.9. The Hall–Kier alpha value is -4.47. The first-order valence-electron chi connectivity index (χ1n) is 17.3. The second-order valence-electron chi connectivity index (χ2n) is 14.4. The molecule has 0 saturated carbocycles. The van der Waals surface area contributed by atoms with Crippen LogP contribution in [0.1, 0.15) is 61.1 Å². The molecule has 0 bridgehead atoms. The maximum absolute atomic E-state index is 6.50. The van der Waals surface area contributed by atoms with Crippen LogP contribution in [0.2, 0.25) is 0 Å². The molecule has 3 heterocycles. The zero-order valence-electron chi connectivity index (χ0n) is 30.2. The molecule has 5 nitrogen and oxygen atoms in total. The molecular formula is C44H44N4OPt. The van der Waals surface area contributed by atoms with Gasteiger partial charge in [0.25, 0.3) is 0 Å². The van der Waals surface area contributed by atoms with Crippen molar-refractivity contribution in [2.45, 2.75) is 68.2 Å². The minimum atomic E-state index is 0. The van der Waals surface area contributed by atoms with Gasteiger partial charge in [-0.25, -0.2) is 4.98 Å². The number of para-hydroxylation sites is 1. The van der Waals surface area contributed by atoms with Crippen LogP contribution in [0.3, 0.4) is 0 Å². The van der Waals surface area contributed by atoms with E-state index in [0.717, 1.165) is 62.8 Å². The SMILES string of the molecule is Cc1cc(Oc2[c-]c3c(cc2)c2ccccc2n3-c2cc(C)ccn2)[c-]c(-n2cc(-c3c(CC(C)C)c(C)cc(C)c3CC(C)C)cn2)c1.[Pt+2]. The summed E-state index contributed by atoms with van der Waals surface area (Å²) in [7, 11) is 0. The van der Waals surface area contributed by atoms with Crippen molar-refractivity contribution in [1.82, 2.24) is 19.3 Å². The summed E-state index contributed by atoms with van der Waals surface area (Å²) in [4.78, 5) is 4.71. The van der Waals surface area contributed by atoms with Crippen LogP contribution >= 0.6 is 0 Å². The number of aryl methyl sites for hydroxylation is 4. The van der Waals surface area contributed by atoms with E-state index in [1.165, 1.54) is 27.8 Å². The number of hydrogen-bond acceptors (Lipinski definition) is 3. The molecule has 0 atom stereocenters. The van der Waals surface area contributed by atoms with Crippen LogP contribution in [0.5, 0.6) is 11.5 Å². The summed E-state index contributed by atoms with van der Waals surface area (Å²) in [5.41, 5.74) is 13.1. The molecule has 4 aromatic carbocycles. The standard InChI is InChI=1S/C44H44N4O.Pt/c1-27(2)17-39-31(7)22-32(8)40(18-28(3)4)44(39)33-25-46-47(26-33)34-19-30(6)20-36(23-34)49-35-13-14-38-37-11-9-10-12-41(37)48(42(38)24-35)43-21-29(5)15-16-45-43;/h9-16,19-22,25-28H,17-18H2,1-8H3;/q-2;+2. The third kappa shape index (κ3) is 6.94. The van der Waals surface area contributed by atoms with E-state index >= 15 is 0 Å². The molecule has 0 N–H and O–H groups in total. The molecule has 0 aliphatic rings. The van der Waals surface area contributed by atoms with Crippen molar-refractivity contribution < 1.29 is 25.8 Å². The number of nitrogens with zero attached hydrogens (tertiary/aromatic N) is 4. The molecule has 7 rings (SSSR count). The van der Waals surface area contributed by atoms with E-state index in [0.29, 0.717) is 23.3 Å². The third-order valence-corrected chi connectivity index (χ3v) is 9.21. The summed E-state index contributed by atoms with van der Waals surface area (Å²) in [5.74, 6) is 3.20. The summed E-state index contributed by atoms with van der Waals surface area (Å²) >= 11 is 0. The van der Waals surface area contributed by atoms with E-state index in [-0.39, 0.29) is 21.1 Å². The minimum absolute atomic E-state index is 0. The average Bonchev–Trinajstić information content (AvgIpc) is 3.66. The van der Waals surface area contributed by atoms with Crippen LogP contribution in [0, 0.1) is 51.7 Å². The molecule has 50 heavy (non-hydrogen) atoms. The molecule has 6 heteroatoms. The van der Waals surface area contributed by atoms with E-state index in [9.17, 15) is 0 Å². The smallest absolute Gasteiger partial charge is 0.509 e. The van der Waals surface area contributed by atoms with Crippen LogP contribution in [0.4, 0.5) is 0 Å². The second-order valence-corrected chi connectivity index (χ2v) is 14.4. The summed E-state index contributed by atoms with van der Waals surface area (Å²) in [6.07, 6.45) is 8.09. The first-order chi connectivity index (χ1) is 23.5. The van der Waals surface area contributed by atoms with E-state index in [2.05, 4.69) is 127 Å². The predicted molar refractivity (Wildman–Crippen MR) is 201 cm³/mol. The van der Waals surface area contributed by atoms with Crippen molar-refractivity contribution in [3.63, 3.8) is 0 Å². The summed E-state index contributed by atoms with van der Waals surface area (Å²) in [5, 5.41) is 7.13. The zero-order chi connectivity index (χ0) is 34.4. The molecule has 0 aliphatic carbocycles. The van der Waals surface area contributed by atoms with Gasteiger partial charge in [0.05, 0.1) is 6.20 Å². The Bertz CT molecular complexity index is 2290. The number of hydrogen-bond donors (Lipinski definition) is 0. The molecule has 3 aromatic heterocycles. The maximum Gasteiger partial charge on any atom is 2.00 e. The summed E-state index contributed by atoms with van der Waals surface area (Å²) in [6, 6.07) is 30.2. The van der Waals surface area contributed by atoms with E-state index in [4.69, 9.17) is 14.8 Å². The molecule has 7 aromatic rings. The van der Waals surface area contributed by atoms with Crippen molar-refractivity contribution in [2.24, 2.45) is 11.8 Å². The van der Waals surface area contributed by atoms with Crippen molar-refractivity contribution in [2.75, 3.05) is 0 Å². The molecule has 0 saturated heterocycles. The first kappa shape index (κ1) is 35.4. The molecule has 0 unspecified atom stereocenters. The molecule has 0 spiro atoms. The van der Waals surface area contributed by atoms with E-state index < -0.39 is 0 Å². The van der Waals surface area contributed by atoms with Crippen molar-refractivity contribution >= 4 is 21.8 Å². The van der Waals surface area contributed by atoms with Crippen molar-refractivity contribution in [1.29, 1.82) is 0 Å². The molecule has 0 aliphatic heterocycles. The predicted octanol–water partition coefficient (Wildman–Crippen LogP) is 11.1. The fourth-order valence-electron chi connectivity index (χ4n) is 7.12. The number of rotatable bonds is 9. The number of aromatic nitrogens is 4. The maximum atomic E-state index is 6.50. The third-order valence-electron chi connectivity index (χ3n) is 9.21. The van der Waals surface area contributed by atoms with Gasteiger partial charge >= 0.3 is 21.1 Å². The second kappa shape index (κ2) is 14.4. The van der Waals surface area contributed by atoms with Gasteiger partial charge in [0.2, 0.25) is 0 Å². The van der Waals surface area contributed by atoms with Crippen LogP contribution in [-0.4, -0.2) is 19.3 Å². The monoisotopic (exact) mass is 839 g/mol. The van der Waals surface area contributed by atoms with Crippen LogP contribution in [-0.2, 0) is 33.9 Å². The van der Waals surface area contributed by atoms with Crippen molar-refractivity contribution in [3.8, 4) is 34.1 Å². The van der Waals surface area contributed by atoms with Gasteiger partial charge in [-0.15, -0.1) is 35.7 Å². The average molecular weight is 840 g/mol. The van der Waals surface area contributed by atoms with Gasteiger partial charge in [-0.1, -0.05) is 64.4 Å². The zero-order valence-corrected chi connectivity index (χ0v) is 32.4. The molecule has 0 fully saturated rings. The largest absolute Gasteiger partial charge is 2.00 e. The molecule has 0 amide bonds. The van der Waals surface area contributed by atoms with Crippen LogP contribution < -0.4 is 4.74 Å². The normalized spacial score (nSPS) is 11.6. The minimum Gasteiger partial charge on any atom is -0.509 e. The fraction of sp³-hybridized carbons (Fsp3) is 0.273. The Balaban J connectivity index is 0.00000432. The van der Waals surface area contributed by atoms with Gasteiger partial charge in [-0.3, -0.25) is 4.68 Å². The number of fused-ring (bicyclic) bond motifs is 3. The van der Waals surface area contributed by atoms with Crippen LogP contribution in [0.15, 0.2) is 85.3 Å². The van der Waals surface area contributed by atoms with Gasteiger partial charge in [-0.05, 0) is 108 Å². The van der Waals surface area contributed by atoms with Gasteiger partial charge in [-0.2, -0.15) is 16.7 Å². The number of benzene rings is 4. The fourth-order valence-corrected chi connectivity index (χ4v) is 7.12. The Kier molecular flexibility index (Phi) is 10.2. The summed E-state index contributed by atoms with van der Waals surface area (Å²) < 4.78 is 10.6. The van der Waals surface area contributed by atoms with Gasteiger partial charge < -0.3 is 9.30 Å². The Morgan fingerprint density at radius 1 is 0.740 bits per heavy atom. The van der Waals surface area contributed by atoms with E-state index in [1.807, 2.05) is 35.3 Å². The van der Waals surface area contributed by atoms with Gasteiger partial charge in [0.15, 0.2) is 0 Å². The molecule has 0 radical (unpaired) electrons.